The summed E-state index contributed by atoms with van der Waals surface area (Å²) in [7, 11) is 3.74. The third kappa shape index (κ3) is 2.24. The van der Waals surface area contributed by atoms with Crippen molar-refractivity contribution < 1.29 is 9.90 Å². The molecule has 1 aromatic heterocycles. The van der Waals surface area contributed by atoms with E-state index in [-0.39, 0.29) is 12.0 Å². The van der Waals surface area contributed by atoms with Crippen molar-refractivity contribution in [3.8, 4) is 0 Å². The fourth-order valence-electron chi connectivity index (χ4n) is 3.88. The van der Waals surface area contributed by atoms with Crippen molar-refractivity contribution in [1.82, 2.24) is 14.7 Å². The summed E-state index contributed by atoms with van der Waals surface area (Å²) in [6.45, 7) is 1.95. The van der Waals surface area contributed by atoms with Crippen molar-refractivity contribution in [3.63, 3.8) is 0 Å². The van der Waals surface area contributed by atoms with E-state index in [4.69, 9.17) is 0 Å². The van der Waals surface area contributed by atoms with Gasteiger partial charge >= 0.3 is 0 Å². The lowest BCUT2D eigenvalue weighted by atomic mass is 10.0. The highest BCUT2D eigenvalue weighted by atomic mass is 16.3. The van der Waals surface area contributed by atoms with Gasteiger partial charge in [0.25, 0.3) is 5.91 Å². The summed E-state index contributed by atoms with van der Waals surface area (Å²) in [5.74, 6) is 1.20. The third-order valence-electron chi connectivity index (χ3n) is 5.17. The van der Waals surface area contributed by atoms with E-state index in [1.807, 2.05) is 32.0 Å². The van der Waals surface area contributed by atoms with Crippen molar-refractivity contribution in [1.29, 1.82) is 0 Å². The minimum absolute atomic E-state index is 0.0132. The molecule has 0 radical (unpaired) electrons. The first-order valence-corrected chi connectivity index (χ1v) is 7.41. The molecule has 2 aliphatic rings. The number of aryl methyl sites for hydroxylation is 2. The van der Waals surface area contributed by atoms with E-state index in [0.29, 0.717) is 23.6 Å². The van der Waals surface area contributed by atoms with Gasteiger partial charge in [0.1, 0.15) is 0 Å². The van der Waals surface area contributed by atoms with Gasteiger partial charge in [0.15, 0.2) is 5.69 Å². The van der Waals surface area contributed by atoms with E-state index in [9.17, 15) is 9.90 Å². The summed E-state index contributed by atoms with van der Waals surface area (Å²) < 4.78 is 1.74. The molecule has 0 aliphatic heterocycles. The van der Waals surface area contributed by atoms with E-state index in [0.717, 1.165) is 31.4 Å². The number of fused-ring (bicyclic) bond motifs is 1. The maximum atomic E-state index is 12.5. The Kier molecular flexibility index (Phi) is 3.32. The maximum absolute atomic E-state index is 12.5. The van der Waals surface area contributed by atoms with Crippen molar-refractivity contribution in [2.75, 3.05) is 7.05 Å². The lowest BCUT2D eigenvalue weighted by Crippen LogP contribution is -2.36. The van der Waals surface area contributed by atoms with Gasteiger partial charge in [0.2, 0.25) is 0 Å². The molecule has 20 heavy (non-hydrogen) atoms. The van der Waals surface area contributed by atoms with Crippen LogP contribution < -0.4 is 0 Å². The molecule has 1 heterocycles. The van der Waals surface area contributed by atoms with Crippen LogP contribution in [0.3, 0.4) is 0 Å². The molecule has 0 spiro atoms. The fourth-order valence-corrected chi connectivity index (χ4v) is 3.88. The minimum atomic E-state index is -0.120. The normalized spacial score (nSPS) is 32.4. The number of carbonyl (C=O) groups excluding carboxylic acids is 1. The second-order valence-corrected chi connectivity index (χ2v) is 6.48. The molecule has 1 N–H and O–H groups in total. The lowest BCUT2D eigenvalue weighted by Gasteiger charge is -2.24. The molecule has 2 unspecified atom stereocenters. The Morgan fingerprint density at radius 3 is 2.45 bits per heavy atom. The lowest BCUT2D eigenvalue weighted by molar-refractivity contribution is 0.0715. The van der Waals surface area contributed by atoms with Crippen LogP contribution in [0.25, 0.3) is 0 Å². The summed E-state index contributed by atoms with van der Waals surface area (Å²) in [5, 5.41) is 14.0. The molecule has 5 heteroatoms. The zero-order chi connectivity index (χ0) is 14.4. The Balaban J connectivity index is 1.68. The first-order valence-electron chi connectivity index (χ1n) is 7.41. The number of aliphatic hydroxyl groups excluding tert-OH is 1. The molecule has 0 bridgehead atoms. The Morgan fingerprint density at radius 2 is 1.95 bits per heavy atom. The van der Waals surface area contributed by atoms with Crippen molar-refractivity contribution in [3.05, 3.63) is 17.5 Å². The van der Waals surface area contributed by atoms with Gasteiger partial charge in [0, 0.05) is 25.8 Å². The van der Waals surface area contributed by atoms with Crippen molar-refractivity contribution >= 4 is 5.91 Å². The Morgan fingerprint density at radius 1 is 1.35 bits per heavy atom. The second-order valence-electron chi connectivity index (χ2n) is 6.48. The number of carbonyl (C=O) groups is 1. The highest BCUT2D eigenvalue weighted by Crippen LogP contribution is 2.45. The van der Waals surface area contributed by atoms with Crippen LogP contribution in [0.2, 0.25) is 0 Å². The highest BCUT2D eigenvalue weighted by molar-refractivity contribution is 5.92. The standard InChI is InChI=1S/C15H23N3O2/c1-9-4-14(16-18(9)3)15(20)17(2)12-5-10-7-13(19)8-11(10)6-12/h4,10-13,19H,5-8H2,1-3H3/t10-,11+,12?,13?. The van der Waals surface area contributed by atoms with Crippen molar-refractivity contribution in [2.24, 2.45) is 18.9 Å². The van der Waals surface area contributed by atoms with Crippen molar-refractivity contribution in [2.45, 2.75) is 44.8 Å². The number of hydrogen-bond donors (Lipinski definition) is 1. The van der Waals surface area contributed by atoms with Gasteiger partial charge in [-0.05, 0) is 50.5 Å². The van der Waals surface area contributed by atoms with Gasteiger partial charge in [-0.1, -0.05) is 0 Å². The Hall–Kier alpha value is -1.36. The predicted molar refractivity (Wildman–Crippen MR) is 75.3 cm³/mol. The number of aromatic nitrogens is 2. The smallest absolute Gasteiger partial charge is 0.274 e. The molecule has 4 atom stereocenters. The monoisotopic (exact) mass is 277 g/mol. The van der Waals surface area contributed by atoms with Crippen LogP contribution in [0, 0.1) is 18.8 Å². The first-order chi connectivity index (χ1) is 9.45. The largest absolute Gasteiger partial charge is 0.393 e. The summed E-state index contributed by atoms with van der Waals surface area (Å²) in [6.07, 6.45) is 3.74. The molecule has 3 rings (SSSR count). The van der Waals surface area contributed by atoms with Gasteiger partial charge in [-0.15, -0.1) is 0 Å². The van der Waals surface area contributed by atoms with E-state index in [1.165, 1.54) is 0 Å². The molecule has 5 nitrogen and oxygen atoms in total. The van der Waals surface area contributed by atoms with E-state index in [2.05, 4.69) is 5.10 Å². The molecule has 2 fully saturated rings. The molecule has 1 amide bonds. The molecule has 2 aliphatic carbocycles. The van der Waals surface area contributed by atoms with Crippen LogP contribution in [0.5, 0.6) is 0 Å². The SMILES string of the molecule is Cc1cc(C(=O)N(C)C2C[C@H]3CC(O)C[C@H]3C2)nn1C. The molecule has 0 aromatic carbocycles. The first kappa shape index (κ1) is 13.6. The number of nitrogens with zero attached hydrogens (tertiary/aromatic N) is 3. The Labute approximate surface area is 119 Å². The molecule has 0 saturated heterocycles. The van der Waals surface area contributed by atoms with E-state index in [1.54, 1.807) is 4.68 Å². The average Bonchev–Trinajstić information content (AvgIpc) is 3.01. The average molecular weight is 277 g/mol. The topological polar surface area (TPSA) is 58.4 Å². The molecule has 2 saturated carbocycles. The van der Waals surface area contributed by atoms with Gasteiger partial charge in [0.05, 0.1) is 6.10 Å². The summed E-state index contributed by atoms with van der Waals surface area (Å²) in [5.41, 5.74) is 1.53. The quantitative estimate of drug-likeness (QED) is 0.887. The Bertz CT molecular complexity index is 492. The molecular formula is C15H23N3O2. The van der Waals surface area contributed by atoms with Crippen LogP contribution in [0.15, 0.2) is 6.07 Å². The minimum Gasteiger partial charge on any atom is -0.393 e. The number of hydrogen-bond acceptors (Lipinski definition) is 3. The molecule has 1 aromatic rings. The fraction of sp³-hybridized carbons (Fsp3) is 0.733. The van der Waals surface area contributed by atoms with Crippen LogP contribution in [0.1, 0.15) is 41.9 Å². The third-order valence-corrected chi connectivity index (χ3v) is 5.17. The summed E-state index contributed by atoms with van der Waals surface area (Å²) >= 11 is 0. The van der Waals surface area contributed by atoms with Crippen LogP contribution in [-0.2, 0) is 7.05 Å². The van der Waals surface area contributed by atoms with Crippen LogP contribution in [-0.4, -0.2) is 44.9 Å². The highest BCUT2D eigenvalue weighted by Gasteiger charge is 2.43. The summed E-state index contributed by atoms with van der Waals surface area (Å²) in [6, 6.07) is 2.14. The predicted octanol–water partition coefficient (Wildman–Crippen LogP) is 1.35. The van der Waals surface area contributed by atoms with Gasteiger partial charge < -0.3 is 10.0 Å². The second kappa shape index (κ2) is 4.88. The van der Waals surface area contributed by atoms with Crippen LogP contribution in [0.4, 0.5) is 0 Å². The zero-order valence-electron chi connectivity index (χ0n) is 12.4. The van der Waals surface area contributed by atoms with Crippen LogP contribution >= 0.6 is 0 Å². The number of amides is 1. The molecular weight excluding hydrogens is 254 g/mol. The number of aliphatic hydroxyl groups is 1. The molecule has 110 valence electrons. The van der Waals surface area contributed by atoms with Gasteiger partial charge in [-0.3, -0.25) is 9.48 Å². The number of rotatable bonds is 2. The maximum Gasteiger partial charge on any atom is 0.274 e. The van der Waals surface area contributed by atoms with E-state index < -0.39 is 0 Å². The summed E-state index contributed by atoms with van der Waals surface area (Å²) in [4.78, 5) is 14.3. The van der Waals surface area contributed by atoms with Gasteiger partial charge in [-0.2, -0.15) is 5.10 Å². The van der Waals surface area contributed by atoms with Gasteiger partial charge in [-0.25, -0.2) is 0 Å². The van der Waals surface area contributed by atoms with E-state index >= 15 is 0 Å². The zero-order valence-corrected chi connectivity index (χ0v) is 12.4.